The van der Waals surface area contributed by atoms with E-state index in [9.17, 15) is 9.59 Å². The molecule has 2 rings (SSSR count). The van der Waals surface area contributed by atoms with Gasteiger partial charge in [-0.2, -0.15) is 0 Å². The Kier molecular flexibility index (Phi) is 2.08. The molecule has 0 bridgehead atoms. The highest BCUT2D eigenvalue weighted by atomic mass is 16.1. The van der Waals surface area contributed by atoms with Crippen molar-refractivity contribution in [2.45, 2.75) is 6.92 Å². The second-order valence-electron chi connectivity index (χ2n) is 3.40. The predicted octanol–water partition coefficient (Wildman–Crippen LogP) is 1.61. The Balaban J connectivity index is 2.71. The van der Waals surface area contributed by atoms with Gasteiger partial charge in [-0.3, -0.25) is 15.0 Å². The minimum absolute atomic E-state index is 0.0457. The Morgan fingerprint density at radius 2 is 1.80 bits per heavy atom. The average molecular weight is 199 g/mol. The fourth-order valence-electron chi connectivity index (χ4n) is 1.64. The number of Topliss-reactive ketones (excluding diaryl/α,β-unsaturated/α-hetero) is 1. The first-order chi connectivity index (χ1) is 7.11. The molecule has 1 N–H and O–H groups in total. The van der Waals surface area contributed by atoms with Gasteiger partial charge in [0.05, 0.1) is 0 Å². The van der Waals surface area contributed by atoms with Gasteiger partial charge in [-0.15, -0.1) is 0 Å². The molecule has 0 amide bonds. The lowest BCUT2D eigenvalue weighted by atomic mass is 9.87. The number of allylic oxidation sites excluding steroid dienone is 2. The monoisotopic (exact) mass is 199 g/mol. The normalized spacial score (nSPS) is 14.6. The van der Waals surface area contributed by atoms with Gasteiger partial charge in [-0.1, -0.05) is 24.3 Å². The van der Waals surface area contributed by atoms with Crippen LogP contribution in [0.4, 0.5) is 0 Å². The van der Waals surface area contributed by atoms with Crippen LogP contribution in [0.5, 0.6) is 0 Å². The molecular weight excluding hydrogens is 190 g/mol. The summed E-state index contributed by atoms with van der Waals surface area (Å²) < 4.78 is 0. The number of rotatable bonds is 1. The van der Waals surface area contributed by atoms with Crippen LogP contribution in [0.2, 0.25) is 0 Å². The average Bonchev–Trinajstić information content (AvgIpc) is 2.23. The second kappa shape index (κ2) is 3.28. The van der Waals surface area contributed by atoms with Gasteiger partial charge >= 0.3 is 0 Å². The van der Waals surface area contributed by atoms with Crippen LogP contribution in [-0.4, -0.2) is 17.3 Å². The molecule has 0 heterocycles. The molecule has 0 aromatic heterocycles. The quantitative estimate of drug-likeness (QED) is 0.747. The molecule has 0 spiro atoms. The molecular formula is C12H9NO2. The van der Waals surface area contributed by atoms with Crippen molar-refractivity contribution in [2.24, 2.45) is 0 Å². The van der Waals surface area contributed by atoms with Gasteiger partial charge in [0.1, 0.15) is 5.71 Å². The molecule has 0 unspecified atom stereocenters. The summed E-state index contributed by atoms with van der Waals surface area (Å²) in [6.07, 6.45) is 1.24. The highest BCUT2D eigenvalue weighted by molar-refractivity contribution is 6.54. The summed E-state index contributed by atoms with van der Waals surface area (Å²) in [5, 5.41) is 7.60. The van der Waals surface area contributed by atoms with Crippen molar-refractivity contribution < 1.29 is 9.59 Å². The van der Waals surface area contributed by atoms with Crippen LogP contribution in [0.3, 0.4) is 0 Å². The van der Waals surface area contributed by atoms with E-state index in [1.54, 1.807) is 24.3 Å². The van der Waals surface area contributed by atoms with Crippen molar-refractivity contribution in [3.63, 3.8) is 0 Å². The maximum Gasteiger partial charge on any atom is 0.204 e. The molecule has 15 heavy (non-hydrogen) atoms. The van der Waals surface area contributed by atoms with Crippen molar-refractivity contribution in [2.75, 3.05) is 0 Å². The van der Waals surface area contributed by atoms with E-state index in [2.05, 4.69) is 0 Å². The number of fused-ring (bicyclic) bond motifs is 1. The first kappa shape index (κ1) is 9.52. The van der Waals surface area contributed by atoms with Gasteiger partial charge in [0.25, 0.3) is 0 Å². The van der Waals surface area contributed by atoms with E-state index in [1.165, 1.54) is 13.0 Å². The van der Waals surface area contributed by atoms with Crippen molar-refractivity contribution in [3.8, 4) is 0 Å². The summed E-state index contributed by atoms with van der Waals surface area (Å²) in [5.74, 6) is -0.554. The van der Waals surface area contributed by atoms with Crippen molar-refractivity contribution >= 4 is 22.9 Å². The molecule has 3 heteroatoms. The second-order valence-corrected chi connectivity index (χ2v) is 3.40. The standard InChI is InChI=1S/C12H9NO2/c1-7(14)10-6-11(15)12(13)9-5-3-2-4-8(9)10/h2-6,13H,1H3. The smallest absolute Gasteiger partial charge is 0.204 e. The lowest BCUT2D eigenvalue weighted by molar-refractivity contribution is -0.112. The zero-order valence-electron chi connectivity index (χ0n) is 8.20. The summed E-state index contributed by atoms with van der Waals surface area (Å²) in [4.78, 5) is 22.7. The Morgan fingerprint density at radius 3 is 2.40 bits per heavy atom. The third-order valence-corrected chi connectivity index (χ3v) is 2.39. The summed E-state index contributed by atoms with van der Waals surface area (Å²) in [6, 6.07) is 6.98. The largest absolute Gasteiger partial charge is 0.296 e. The molecule has 3 nitrogen and oxygen atoms in total. The number of benzene rings is 1. The SMILES string of the molecule is CC(=O)C1=CC(=O)C(=N)c2ccccc21. The molecule has 1 aliphatic rings. The number of hydrogen-bond donors (Lipinski definition) is 1. The Morgan fingerprint density at radius 1 is 1.20 bits per heavy atom. The topological polar surface area (TPSA) is 58.0 Å². The van der Waals surface area contributed by atoms with Crippen LogP contribution in [-0.2, 0) is 9.59 Å². The van der Waals surface area contributed by atoms with Crippen LogP contribution < -0.4 is 0 Å². The molecule has 1 aliphatic carbocycles. The molecule has 0 atom stereocenters. The Bertz CT molecular complexity index is 512. The Hall–Kier alpha value is -2.03. The molecule has 0 aliphatic heterocycles. The molecule has 1 aromatic carbocycles. The fraction of sp³-hybridized carbons (Fsp3) is 0.0833. The van der Waals surface area contributed by atoms with E-state index in [4.69, 9.17) is 5.41 Å². The maximum absolute atomic E-state index is 11.4. The number of nitrogens with one attached hydrogen (secondary N) is 1. The minimum atomic E-state index is -0.404. The first-order valence-electron chi connectivity index (χ1n) is 4.56. The van der Waals surface area contributed by atoms with Crippen LogP contribution in [0.1, 0.15) is 18.1 Å². The third kappa shape index (κ3) is 1.42. The van der Waals surface area contributed by atoms with Gasteiger partial charge in [0.15, 0.2) is 5.78 Å². The van der Waals surface area contributed by atoms with Crippen LogP contribution in [0.15, 0.2) is 30.3 Å². The molecule has 0 saturated carbocycles. The zero-order valence-corrected chi connectivity index (χ0v) is 8.20. The van der Waals surface area contributed by atoms with Gasteiger partial charge in [0, 0.05) is 11.1 Å². The summed E-state index contributed by atoms with van der Waals surface area (Å²) in [7, 11) is 0. The van der Waals surface area contributed by atoms with Crippen LogP contribution in [0.25, 0.3) is 5.57 Å². The minimum Gasteiger partial charge on any atom is -0.296 e. The molecule has 1 aromatic rings. The van der Waals surface area contributed by atoms with E-state index in [-0.39, 0.29) is 11.5 Å². The van der Waals surface area contributed by atoms with Crippen molar-refractivity contribution in [3.05, 3.63) is 41.5 Å². The van der Waals surface area contributed by atoms with Gasteiger partial charge in [0.2, 0.25) is 5.78 Å². The molecule has 0 radical (unpaired) electrons. The predicted molar refractivity (Wildman–Crippen MR) is 56.9 cm³/mol. The summed E-state index contributed by atoms with van der Waals surface area (Å²) in [6.45, 7) is 1.42. The number of ketones is 2. The molecule has 0 saturated heterocycles. The van der Waals surface area contributed by atoms with Crippen LogP contribution in [0, 0.1) is 5.41 Å². The molecule has 0 fully saturated rings. The fourth-order valence-corrected chi connectivity index (χ4v) is 1.64. The first-order valence-corrected chi connectivity index (χ1v) is 4.56. The van der Waals surface area contributed by atoms with Crippen molar-refractivity contribution in [1.29, 1.82) is 5.41 Å². The van der Waals surface area contributed by atoms with Gasteiger partial charge in [-0.05, 0) is 18.6 Å². The third-order valence-electron chi connectivity index (χ3n) is 2.39. The van der Waals surface area contributed by atoms with Crippen molar-refractivity contribution in [1.82, 2.24) is 0 Å². The van der Waals surface area contributed by atoms with E-state index < -0.39 is 5.78 Å². The number of carbonyl (C=O) groups is 2. The van der Waals surface area contributed by atoms with E-state index in [0.717, 1.165) is 0 Å². The van der Waals surface area contributed by atoms with Crippen LogP contribution >= 0.6 is 0 Å². The molecule has 74 valence electrons. The highest BCUT2D eigenvalue weighted by Crippen LogP contribution is 2.25. The summed E-state index contributed by atoms with van der Waals surface area (Å²) in [5.41, 5.74) is 1.56. The van der Waals surface area contributed by atoms with E-state index >= 15 is 0 Å². The lowest BCUT2D eigenvalue weighted by Gasteiger charge is -2.15. The van der Waals surface area contributed by atoms with E-state index in [1.807, 2.05) is 0 Å². The lowest BCUT2D eigenvalue weighted by Crippen LogP contribution is -2.20. The zero-order chi connectivity index (χ0) is 11.0. The van der Waals surface area contributed by atoms with Gasteiger partial charge in [-0.25, -0.2) is 0 Å². The number of hydrogen-bond acceptors (Lipinski definition) is 3. The number of carbonyl (C=O) groups excluding carboxylic acids is 2. The summed E-state index contributed by atoms with van der Waals surface area (Å²) >= 11 is 0. The van der Waals surface area contributed by atoms with E-state index in [0.29, 0.717) is 16.7 Å². The Labute approximate surface area is 86.9 Å². The maximum atomic E-state index is 11.4. The highest BCUT2D eigenvalue weighted by Gasteiger charge is 2.23. The van der Waals surface area contributed by atoms with Gasteiger partial charge < -0.3 is 0 Å².